The topological polar surface area (TPSA) is 47.6 Å². The second kappa shape index (κ2) is 8.54. The Hall–Kier alpha value is -0.610. The van der Waals surface area contributed by atoms with Gasteiger partial charge in [0.15, 0.2) is 0 Å². The monoisotopic (exact) mass is 271 g/mol. The molecule has 0 aromatic rings. The van der Waals surface area contributed by atoms with Crippen LogP contribution in [-0.2, 0) is 14.3 Å². The summed E-state index contributed by atoms with van der Waals surface area (Å²) in [6, 6.07) is 0. The van der Waals surface area contributed by atoms with Crippen molar-refractivity contribution in [2.45, 2.75) is 57.9 Å². The fraction of sp³-hybridized carbons (Fsp3) is 0.933. The van der Waals surface area contributed by atoms with Crippen molar-refractivity contribution in [3.63, 3.8) is 0 Å². The van der Waals surface area contributed by atoms with Gasteiger partial charge in [0.2, 0.25) is 0 Å². The molecule has 0 aromatic heterocycles. The maximum absolute atomic E-state index is 12.3. The van der Waals surface area contributed by atoms with Crippen molar-refractivity contribution in [1.29, 1.82) is 0 Å². The van der Waals surface area contributed by atoms with Gasteiger partial charge in [0, 0.05) is 13.7 Å². The Labute approximate surface area is 117 Å². The van der Waals surface area contributed by atoms with E-state index in [2.05, 4.69) is 12.2 Å². The number of rotatable bonds is 8. The molecule has 1 fully saturated rings. The van der Waals surface area contributed by atoms with Gasteiger partial charge < -0.3 is 9.47 Å². The van der Waals surface area contributed by atoms with E-state index in [0.29, 0.717) is 19.8 Å². The zero-order chi connectivity index (χ0) is 14.1. The fourth-order valence-electron chi connectivity index (χ4n) is 2.98. The first-order valence-electron chi connectivity index (χ1n) is 7.59. The lowest BCUT2D eigenvalue weighted by atomic mass is 9.75. The molecule has 1 saturated carbocycles. The highest BCUT2D eigenvalue weighted by atomic mass is 16.5. The molecule has 0 unspecified atom stereocenters. The second-order valence-corrected chi connectivity index (χ2v) is 5.45. The smallest absolute Gasteiger partial charge is 0.326 e. The fourth-order valence-corrected chi connectivity index (χ4v) is 2.98. The van der Waals surface area contributed by atoms with Gasteiger partial charge in [0.05, 0.1) is 13.2 Å². The van der Waals surface area contributed by atoms with Crippen molar-refractivity contribution in [2.75, 3.05) is 26.9 Å². The van der Waals surface area contributed by atoms with Gasteiger partial charge in [0.25, 0.3) is 0 Å². The van der Waals surface area contributed by atoms with Crippen LogP contribution in [0.2, 0.25) is 0 Å². The van der Waals surface area contributed by atoms with Gasteiger partial charge in [-0.2, -0.15) is 0 Å². The largest absolute Gasteiger partial charge is 0.465 e. The Bertz CT molecular complexity index is 260. The van der Waals surface area contributed by atoms with Crippen LogP contribution in [0.3, 0.4) is 0 Å². The summed E-state index contributed by atoms with van der Waals surface area (Å²) >= 11 is 0. The van der Waals surface area contributed by atoms with Gasteiger partial charge >= 0.3 is 5.97 Å². The Balaban J connectivity index is 2.58. The summed E-state index contributed by atoms with van der Waals surface area (Å²) in [4.78, 5) is 12.3. The van der Waals surface area contributed by atoms with E-state index in [1.165, 1.54) is 12.8 Å². The number of ether oxygens (including phenoxy) is 2. The van der Waals surface area contributed by atoms with Crippen LogP contribution >= 0.6 is 0 Å². The normalized spacial score (nSPS) is 27.2. The first-order chi connectivity index (χ1) is 9.18. The van der Waals surface area contributed by atoms with Crippen LogP contribution in [0.15, 0.2) is 0 Å². The van der Waals surface area contributed by atoms with Crippen LogP contribution < -0.4 is 5.32 Å². The van der Waals surface area contributed by atoms with E-state index in [0.717, 1.165) is 31.6 Å². The summed E-state index contributed by atoms with van der Waals surface area (Å²) in [5.74, 6) is 0.692. The summed E-state index contributed by atoms with van der Waals surface area (Å²) in [5.41, 5.74) is -0.473. The van der Waals surface area contributed by atoms with Crippen molar-refractivity contribution in [2.24, 2.45) is 5.92 Å². The van der Waals surface area contributed by atoms with E-state index < -0.39 is 5.54 Å². The molecule has 0 atom stereocenters. The summed E-state index contributed by atoms with van der Waals surface area (Å²) < 4.78 is 10.3. The third kappa shape index (κ3) is 4.77. The number of esters is 1. The van der Waals surface area contributed by atoms with Gasteiger partial charge in [-0.15, -0.1) is 0 Å². The number of methoxy groups -OCH3 is 1. The van der Waals surface area contributed by atoms with E-state index >= 15 is 0 Å². The average molecular weight is 271 g/mol. The maximum Gasteiger partial charge on any atom is 0.326 e. The first-order valence-corrected chi connectivity index (χ1v) is 7.59. The minimum atomic E-state index is -0.473. The molecule has 112 valence electrons. The standard InChI is InChI=1S/C15H29NO3/c1-4-6-13-7-9-15(10-8-13,14(17)19-5-2)16-11-12-18-3/h13,16H,4-12H2,1-3H3. The molecule has 0 spiro atoms. The quantitative estimate of drug-likeness (QED) is 0.544. The van der Waals surface area contributed by atoms with E-state index in [1.807, 2.05) is 6.92 Å². The molecule has 0 aliphatic heterocycles. The Kier molecular flexibility index (Phi) is 7.39. The van der Waals surface area contributed by atoms with Crippen LogP contribution in [0.5, 0.6) is 0 Å². The number of hydrogen-bond donors (Lipinski definition) is 1. The Morgan fingerprint density at radius 3 is 2.53 bits per heavy atom. The van der Waals surface area contributed by atoms with Crippen LogP contribution in [0, 0.1) is 5.92 Å². The van der Waals surface area contributed by atoms with Crippen molar-refractivity contribution in [3.05, 3.63) is 0 Å². The van der Waals surface area contributed by atoms with Gasteiger partial charge in [0.1, 0.15) is 5.54 Å². The zero-order valence-electron chi connectivity index (χ0n) is 12.7. The van der Waals surface area contributed by atoms with Crippen LogP contribution in [-0.4, -0.2) is 38.4 Å². The number of carbonyl (C=O) groups excluding carboxylic acids is 1. The molecule has 0 saturated heterocycles. The molecule has 4 heteroatoms. The lowest BCUT2D eigenvalue weighted by molar-refractivity contribution is -0.153. The minimum absolute atomic E-state index is 0.0824. The van der Waals surface area contributed by atoms with Crippen LogP contribution in [0.4, 0.5) is 0 Å². The van der Waals surface area contributed by atoms with Gasteiger partial charge in [-0.3, -0.25) is 10.1 Å². The Morgan fingerprint density at radius 1 is 1.32 bits per heavy atom. The predicted octanol–water partition coefficient (Wildman–Crippen LogP) is 2.51. The third-order valence-corrected chi connectivity index (χ3v) is 4.09. The molecule has 1 N–H and O–H groups in total. The van der Waals surface area contributed by atoms with Crippen LogP contribution in [0.1, 0.15) is 52.4 Å². The number of hydrogen-bond acceptors (Lipinski definition) is 4. The van der Waals surface area contributed by atoms with Gasteiger partial charge in [-0.1, -0.05) is 19.8 Å². The molecule has 0 aromatic carbocycles. The molecule has 0 amide bonds. The van der Waals surface area contributed by atoms with Crippen molar-refractivity contribution in [1.82, 2.24) is 5.32 Å². The van der Waals surface area contributed by atoms with Crippen LogP contribution in [0.25, 0.3) is 0 Å². The average Bonchev–Trinajstić information content (AvgIpc) is 2.42. The van der Waals surface area contributed by atoms with E-state index in [1.54, 1.807) is 7.11 Å². The predicted molar refractivity (Wildman–Crippen MR) is 76.1 cm³/mol. The number of carbonyl (C=O) groups is 1. The zero-order valence-corrected chi connectivity index (χ0v) is 12.7. The summed E-state index contributed by atoms with van der Waals surface area (Å²) in [6.45, 7) is 5.87. The molecule has 0 radical (unpaired) electrons. The second-order valence-electron chi connectivity index (χ2n) is 5.45. The third-order valence-electron chi connectivity index (χ3n) is 4.09. The molecule has 19 heavy (non-hydrogen) atoms. The molecule has 1 aliphatic rings. The first kappa shape index (κ1) is 16.4. The van der Waals surface area contributed by atoms with E-state index in [4.69, 9.17) is 9.47 Å². The molecule has 1 rings (SSSR count). The molecule has 0 bridgehead atoms. The SMILES string of the molecule is CCCC1CCC(NCCOC)(C(=O)OCC)CC1. The highest BCUT2D eigenvalue weighted by Crippen LogP contribution is 2.35. The summed E-state index contributed by atoms with van der Waals surface area (Å²) in [6.07, 6.45) is 6.52. The lowest BCUT2D eigenvalue weighted by Crippen LogP contribution is -2.55. The molecular formula is C15H29NO3. The maximum atomic E-state index is 12.3. The molecule has 1 aliphatic carbocycles. The summed E-state index contributed by atoms with van der Waals surface area (Å²) in [5, 5.41) is 3.38. The number of nitrogens with one attached hydrogen (secondary N) is 1. The van der Waals surface area contributed by atoms with Gasteiger partial charge in [-0.05, 0) is 38.5 Å². The Morgan fingerprint density at radius 2 is 2.00 bits per heavy atom. The van der Waals surface area contributed by atoms with E-state index in [9.17, 15) is 4.79 Å². The highest BCUT2D eigenvalue weighted by Gasteiger charge is 2.42. The molecule has 4 nitrogen and oxygen atoms in total. The van der Waals surface area contributed by atoms with Crippen molar-refractivity contribution in [3.8, 4) is 0 Å². The molecular weight excluding hydrogens is 242 g/mol. The highest BCUT2D eigenvalue weighted by molar-refractivity contribution is 5.81. The minimum Gasteiger partial charge on any atom is -0.465 e. The van der Waals surface area contributed by atoms with E-state index in [-0.39, 0.29) is 5.97 Å². The molecule has 0 heterocycles. The van der Waals surface area contributed by atoms with Crippen molar-refractivity contribution < 1.29 is 14.3 Å². The van der Waals surface area contributed by atoms with Gasteiger partial charge in [-0.25, -0.2) is 0 Å². The summed E-state index contributed by atoms with van der Waals surface area (Å²) in [7, 11) is 1.68. The van der Waals surface area contributed by atoms with Crippen molar-refractivity contribution >= 4 is 5.97 Å². The lowest BCUT2D eigenvalue weighted by Gasteiger charge is -2.38.